The van der Waals surface area contributed by atoms with E-state index in [9.17, 15) is 17.6 Å². The Balaban J connectivity index is 1.76. The van der Waals surface area contributed by atoms with E-state index in [1.54, 1.807) is 4.90 Å². The van der Waals surface area contributed by atoms with Gasteiger partial charge in [-0.2, -0.15) is 23.4 Å². The Bertz CT molecular complexity index is 849. The fourth-order valence-electron chi connectivity index (χ4n) is 3.18. The van der Waals surface area contributed by atoms with E-state index in [0.29, 0.717) is 6.54 Å². The molecule has 2 heterocycles. The van der Waals surface area contributed by atoms with Gasteiger partial charge in [-0.05, 0) is 25.1 Å². The van der Waals surface area contributed by atoms with Crippen LogP contribution in [0.25, 0.3) is 11.4 Å². The van der Waals surface area contributed by atoms with Crippen LogP contribution in [0.4, 0.5) is 17.6 Å². The first-order valence-electron chi connectivity index (χ1n) is 8.70. The lowest BCUT2D eigenvalue weighted by Gasteiger charge is -2.28. The molecule has 28 heavy (non-hydrogen) atoms. The van der Waals surface area contributed by atoms with E-state index < -0.39 is 23.3 Å². The molecule has 1 unspecified atom stereocenters. The SMILES string of the molecule is N#CCCOCCN1CCC(c2nc(-c3cccc(F)c3)no2)(C(F)(F)F)C1. The maximum atomic E-state index is 14.0. The molecule has 2 aromatic rings. The lowest BCUT2D eigenvalue weighted by Crippen LogP contribution is -2.45. The third-order valence-corrected chi connectivity index (χ3v) is 4.72. The molecule has 3 rings (SSSR count). The molecule has 0 N–H and O–H groups in total. The van der Waals surface area contributed by atoms with E-state index in [1.165, 1.54) is 18.2 Å². The molecule has 1 atom stereocenters. The first kappa shape index (κ1) is 20.2. The predicted molar refractivity (Wildman–Crippen MR) is 89.5 cm³/mol. The van der Waals surface area contributed by atoms with Crippen molar-refractivity contribution in [3.05, 3.63) is 36.0 Å². The summed E-state index contributed by atoms with van der Waals surface area (Å²) in [6.07, 6.45) is -4.58. The average Bonchev–Trinajstić information content (AvgIpc) is 3.29. The molecule has 1 aromatic heterocycles. The van der Waals surface area contributed by atoms with Crippen LogP contribution in [0.1, 0.15) is 18.7 Å². The summed E-state index contributed by atoms with van der Waals surface area (Å²) in [5.74, 6) is -1.15. The number of rotatable bonds is 7. The van der Waals surface area contributed by atoms with E-state index in [-0.39, 0.29) is 50.5 Å². The molecule has 6 nitrogen and oxygen atoms in total. The van der Waals surface area contributed by atoms with Crippen LogP contribution in [0.5, 0.6) is 0 Å². The third kappa shape index (κ3) is 4.15. The van der Waals surface area contributed by atoms with Gasteiger partial charge in [0.25, 0.3) is 0 Å². The van der Waals surface area contributed by atoms with Crippen molar-refractivity contribution in [1.29, 1.82) is 5.26 Å². The fourth-order valence-corrected chi connectivity index (χ4v) is 3.18. The maximum absolute atomic E-state index is 14.0. The standard InChI is InChI=1S/C18H18F4N4O2/c19-14-4-1-3-13(11-14)15-24-16(28-25-15)17(18(20,21)22)5-7-26(12-17)8-10-27-9-2-6-23/h1,3-4,11H,2,5,7-10,12H2. The number of halogens is 4. The molecule has 0 aliphatic carbocycles. The fraction of sp³-hybridized carbons (Fsp3) is 0.500. The zero-order valence-electron chi connectivity index (χ0n) is 14.9. The summed E-state index contributed by atoms with van der Waals surface area (Å²) in [6.45, 7) is 0.638. The second-order valence-electron chi connectivity index (χ2n) is 6.56. The Labute approximate surface area is 158 Å². The Kier molecular flexibility index (Phi) is 5.96. The number of hydrogen-bond acceptors (Lipinski definition) is 6. The Morgan fingerprint density at radius 1 is 1.32 bits per heavy atom. The minimum absolute atomic E-state index is 0.0867. The van der Waals surface area contributed by atoms with E-state index in [0.717, 1.165) is 6.07 Å². The van der Waals surface area contributed by atoms with Gasteiger partial charge < -0.3 is 9.26 Å². The number of nitrogens with zero attached hydrogens (tertiary/aromatic N) is 4. The maximum Gasteiger partial charge on any atom is 0.404 e. The van der Waals surface area contributed by atoms with Crippen LogP contribution in [-0.2, 0) is 10.2 Å². The lowest BCUT2D eigenvalue weighted by molar-refractivity contribution is -0.193. The topological polar surface area (TPSA) is 75.2 Å². The average molecular weight is 398 g/mol. The quantitative estimate of drug-likeness (QED) is 0.526. The molecular weight excluding hydrogens is 380 g/mol. The van der Waals surface area contributed by atoms with Gasteiger partial charge in [-0.25, -0.2) is 4.39 Å². The van der Waals surface area contributed by atoms with Crippen molar-refractivity contribution in [1.82, 2.24) is 15.0 Å². The van der Waals surface area contributed by atoms with Gasteiger partial charge in [0.15, 0.2) is 5.41 Å². The highest BCUT2D eigenvalue weighted by molar-refractivity contribution is 5.54. The summed E-state index contributed by atoms with van der Waals surface area (Å²) in [4.78, 5) is 5.56. The Hall–Kier alpha value is -2.51. The monoisotopic (exact) mass is 398 g/mol. The highest BCUT2D eigenvalue weighted by atomic mass is 19.4. The van der Waals surface area contributed by atoms with Crippen molar-refractivity contribution in [2.24, 2.45) is 0 Å². The van der Waals surface area contributed by atoms with E-state index in [2.05, 4.69) is 10.1 Å². The molecule has 1 fully saturated rings. The van der Waals surface area contributed by atoms with Crippen LogP contribution in [-0.4, -0.2) is 54.1 Å². The summed E-state index contributed by atoms with van der Waals surface area (Å²) in [5, 5.41) is 12.1. The zero-order valence-corrected chi connectivity index (χ0v) is 14.9. The molecule has 1 aliphatic rings. The van der Waals surface area contributed by atoms with Crippen LogP contribution in [0.15, 0.2) is 28.8 Å². The van der Waals surface area contributed by atoms with Crippen LogP contribution < -0.4 is 0 Å². The largest absolute Gasteiger partial charge is 0.404 e. The minimum Gasteiger partial charge on any atom is -0.379 e. The molecule has 1 aliphatic heterocycles. The van der Waals surface area contributed by atoms with Gasteiger partial charge in [0, 0.05) is 18.7 Å². The van der Waals surface area contributed by atoms with Crippen LogP contribution in [0, 0.1) is 17.1 Å². The molecule has 0 saturated carbocycles. The number of aromatic nitrogens is 2. The van der Waals surface area contributed by atoms with Gasteiger partial charge in [-0.3, -0.25) is 4.90 Å². The summed E-state index contributed by atoms with van der Waals surface area (Å²) in [5.41, 5.74) is -2.04. The summed E-state index contributed by atoms with van der Waals surface area (Å²) in [6, 6.07) is 7.20. The van der Waals surface area contributed by atoms with Crippen LogP contribution >= 0.6 is 0 Å². The van der Waals surface area contributed by atoms with Gasteiger partial charge in [-0.15, -0.1) is 0 Å². The van der Waals surface area contributed by atoms with Gasteiger partial charge in [0.1, 0.15) is 5.82 Å². The lowest BCUT2D eigenvalue weighted by atomic mass is 9.86. The second kappa shape index (κ2) is 8.24. The molecule has 1 aromatic carbocycles. The number of ether oxygens (including phenoxy) is 1. The molecule has 0 spiro atoms. The smallest absolute Gasteiger partial charge is 0.379 e. The normalized spacial score (nSPS) is 20.4. The number of nitriles is 1. The van der Waals surface area contributed by atoms with Gasteiger partial charge in [0.05, 0.1) is 25.7 Å². The van der Waals surface area contributed by atoms with Gasteiger partial charge in [0.2, 0.25) is 11.7 Å². The summed E-state index contributed by atoms with van der Waals surface area (Å²) in [7, 11) is 0. The first-order chi connectivity index (χ1) is 13.4. The van der Waals surface area contributed by atoms with Crippen molar-refractivity contribution in [2.75, 3.05) is 32.8 Å². The number of hydrogen-bond donors (Lipinski definition) is 0. The minimum atomic E-state index is -4.59. The number of benzene rings is 1. The van der Waals surface area contributed by atoms with Crippen LogP contribution in [0.3, 0.4) is 0 Å². The van der Waals surface area contributed by atoms with E-state index in [4.69, 9.17) is 14.5 Å². The highest BCUT2D eigenvalue weighted by Crippen LogP contribution is 2.47. The van der Waals surface area contributed by atoms with Crippen molar-refractivity contribution < 1.29 is 26.8 Å². The van der Waals surface area contributed by atoms with Gasteiger partial charge >= 0.3 is 6.18 Å². The molecule has 0 amide bonds. The van der Waals surface area contributed by atoms with Crippen molar-refractivity contribution >= 4 is 0 Å². The Morgan fingerprint density at radius 2 is 2.14 bits per heavy atom. The molecule has 0 bridgehead atoms. The first-order valence-corrected chi connectivity index (χ1v) is 8.70. The molecule has 10 heteroatoms. The van der Waals surface area contributed by atoms with E-state index in [1.807, 2.05) is 6.07 Å². The van der Waals surface area contributed by atoms with Crippen molar-refractivity contribution in [3.63, 3.8) is 0 Å². The molecular formula is C18H18F4N4O2. The second-order valence-corrected chi connectivity index (χ2v) is 6.56. The highest BCUT2D eigenvalue weighted by Gasteiger charge is 2.62. The number of likely N-dealkylation sites (tertiary alicyclic amines) is 1. The number of alkyl halides is 3. The molecule has 1 saturated heterocycles. The van der Waals surface area contributed by atoms with Gasteiger partial charge in [-0.1, -0.05) is 17.3 Å². The molecule has 0 radical (unpaired) electrons. The summed E-state index contributed by atoms with van der Waals surface area (Å²) >= 11 is 0. The van der Waals surface area contributed by atoms with E-state index >= 15 is 0 Å². The van der Waals surface area contributed by atoms with Crippen molar-refractivity contribution in [2.45, 2.75) is 24.4 Å². The predicted octanol–water partition coefficient (Wildman–Crippen LogP) is 3.31. The molecule has 150 valence electrons. The zero-order chi connectivity index (χ0) is 20.2. The Morgan fingerprint density at radius 3 is 2.86 bits per heavy atom. The van der Waals surface area contributed by atoms with Crippen molar-refractivity contribution in [3.8, 4) is 17.5 Å². The summed E-state index contributed by atoms with van der Waals surface area (Å²) < 4.78 is 65.5. The van der Waals surface area contributed by atoms with Crippen LogP contribution in [0.2, 0.25) is 0 Å². The third-order valence-electron chi connectivity index (χ3n) is 4.72.